The smallest absolute Gasteiger partial charge is 0.227 e. The summed E-state index contributed by atoms with van der Waals surface area (Å²) in [5.74, 6) is 2.21. The van der Waals surface area contributed by atoms with Crippen LogP contribution in [0.1, 0.15) is 24.1 Å². The van der Waals surface area contributed by atoms with Crippen molar-refractivity contribution in [3.63, 3.8) is 0 Å². The van der Waals surface area contributed by atoms with Gasteiger partial charge in [-0.05, 0) is 42.7 Å². The number of benzene rings is 2. The molecule has 5 nitrogen and oxygen atoms in total. The maximum absolute atomic E-state index is 12.6. The maximum atomic E-state index is 12.6. The van der Waals surface area contributed by atoms with E-state index in [0.29, 0.717) is 26.2 Å². The van der Waals surface area contributed by atoms with Gasteiger partial charge in [0, 0.05) is 0 Å². The number of carbonyl (C=O) groups excluding carboxylic acids is 1. The topological polar surface area (TPSA) is 56.8 Å². The molecule has 0 saturated heterocycles. The second-order valence-electron chi connectivity index (χ2n) is 6.45. The molecule has 5 heteroatoms. The van der Waals surface area contributed by atoms with Gasteiger partial charge < -0.3 is 19.5 Å². The fourth-order valence-corrected chi connectivity index (χ4v) is 3.24. The Labute approximate surface area is 146 Å². The van der Waals surface area contributed by atoms with Gasteiger partial charge in [0.2, 0.25) is 5.91 Å². The zero-order valence-corrected chi connectivity index (χ0v) is 14.2. The third-order valence-corrected chi connectivity index (χ3v) is 4.67. The minimum Gasteiger partial charge on any atom is -0.492 e. The lowest BCUT2D eigenvalue weighted by molar-refractivity contribution is -0.126. The van der Waals surface area contributed by atoms with Crippen molar-refractivity contribution in [2.75, 3.05) is 19.8 Å². The fraction of sp³-hybridized carbons (Fsp3) is 0.350. The molecule has 2 aliphatic heterocycles. The highest BCUT2D eigenvalue weighted by molar-refractivity contribution is 5.80. The van der Waals surface area contributed by atoms with Crippen molar-refractivity contribution in [2.45, 2.75) is 19.4 Å². The molecule has 2 heterocycles. The molecular formula is C20H21NO4. The van der Waals surface area contributed by atoms with Crippen LogP contribution in [-0.4, -0.2) is 25.7 Å². The van der Waals surface area contributed by atoms with E-state index in [1.165, 1.54) is 0 Å². The monoisotopic (exact) mass is 339 g/mol. The number of hydrogen-bond acceptors (Lipinski definition) is 4. The highest BCUT2D eigenvalue weighted by Gasteiger charge is 2.27. The summed E-state index contributed by atoms with van der Waals surface area (Å²) >= 11 is 0. The third kappa shape index (κ3) is 3.27. The van der Waals surface area contributed by atoms with Gasteiger partial charge in [0.1, 0.15) is 25.6 Å². The van der Waals surface area contributed by atoms with E-state index in [0.717, 1.165) is 28.4 Å². The second kappa shape index (κ2) is 6.67. The molecule has 2 aromatic carbocycles. The van der Waals surface area contributed by atoms with Gasteiger partial charge in [0.05, 0.1) is 12.0 Å². The Balaban J connectivity index is 1.42. The minimum absolute atomic E-state index is 0.0110. The number of ether oxygens (including phenoxy) is 3. The van der Waals surface area contributed by atoms with E-state index in [1.54, 1.807) is 0 Å². The lowest BCUT2D eigenvalue weighted by atomic mass is 9.95. The Hall–Kier alpha value is -2.69. The van der Waals surface area contributed by atoms with Crippen molar-refractivity contribution in [3.05, 3.63) is 53.6 Å². The Morgan fingerprint density at radius 3 is 2.72 bits per heavy atom. The molecule has 130 valence electrons. The number of fused-ring (bicyclic) bond motifs is 2. The second-order valence-corrected chi connectivity index (χ2v) is 6.45. The fourth-order valence-electron chi connectivity index (χ4n) is 3.24. The lowest BCUT2D eigenvalue weighted by Gasteiger charge is -2.26. The Morgan fingerprint density at radius 2 is 1.84 bits per heavy atom. The summed E-state index contributed by atoms with van der Waals surface area (Å²) in [6.45, 7) is 3.51. The largest absolute Gasteiger partial charge is 0.492 e. The van der Waals surface area contributed by atoms with Gasteiger partial charge in [-0.15, -0.1) is 0 Å². The van der Waals surface area contributed by atoms with E-state index >= 15 is 0 Å². The number of amides is 1. The minimum atomic E-state index is -0.172. The van der Waals surface area contributed by atoms with E-state index < -0.39 is 0 Å². The predicted octanol–water partition coefficient (Wildman–Crippen LogP) is 2.89. The zero-order chi connectivity index (χ0) is 17.2. The van der Waals surface area contributed by atoms with Gasteiger partial charge in [-0.3, -0.25) is 4.79 Å². The van der Waals surface area contributed by atoms with Crippen LogP contribution in [0.3, 0.4) is 0 Å². The van der Waals surface area contributed by atoms with Crippen molar-refractivity contribution in [2.24, 2.45) is 5.92 Å². The Morgan fingerprint density at radius 1 is 1.04 bits per heavy atom. The summed E-state index contributed by atoms with van der Waals surface area (Å²) in [7, 11) is 0. The molecule has 0 saturated carbocycles. The molecule has 2 unspecified atom stereocenters. The molecule has 2 aromatic rings. The summed E-state index contributed by atoms with van der Waals surface area (Å²) < 4.78 is 16.9. The first-order valence-corrected chi connectivity index (χ1v) is 8.61. The van der Waals surface area contributed by atoms with Crippen LogP contribution in [0.25, 0.3) is 0 Å². The van der Waals surface area contributed by atoms with Crippen LogP contribution in [0.4, 0.5) is 0 Å². The van der Waals surface area contributed by atoms with E-state index in [2.05, 4.69) is 5.32 Å². The van der Waals surface area contributed by atoms with Gasteiger partial charge >= 0.3 is 0 Å². The van der Waals surface area contributed by atoms with E-state index in [4.69, 9.17) is 14.2 Å². The predicted molar refractivity (Wildman–Crippen MR) is 93.1 cm³/mol. The first-order chi connectivity index (χ1) is 12.2. The molecule has 4 rings (SSSR count). The summed E-state index contributed by atoms with van der Waals surface area (Å²) in [5, 5.41) is 3.09. The lowest BCUT2D eigenvalue weighted by Crippen LogP contribution is -2.38. The molecular weight excluding hydrogens is 318 g/mol. The van der Waals surface area contributed by atoms with Crippen LogP contribution in [-0.2, 0) is 11.2 Å². The van der Waals surface area contributed by atoms with Crippen molar-refractivity contribution in [1.82, 2.24) is 5.32 Å². The van der Waals surface area contributed by atoms with Crippen LogP contribution in [0.5, 0.6) is 17.2 Å². The van der Waals surface area contributed by atoms with Crippen LogP contribution in [0.2, 0.25) is 0 Å². The zero-order valence-electron chi connectivity index (χ0n) is 14.2. The summed E-state index contributed by atoms with van der Waals surface area (Å²) in [5.41, 5.74) is 2.08. The highest BCUT2D eigenvalue weighted by Crippen LogP contribution is 2.33. The van der Waals surface area contributed by atoms with Gasteiger partial charge in [0.15, 0.2) is 11.5 Å². The summed E-state index contributed by atoms with van der Waals surface area (Å²) in [6.07, 6.45) is 0.704. The molecule has 1 N–H and O–H groups in total. The molecule has 0 radical (unpaired) electrons. The number of para-hydroxylation sites is 1. The van der Waals surface area contributed by atoms with Gasteiger partial charge in [-0.25, -0.2) is 0 Å². The molecule has 2 atom stereocenters. The molecule has 0 fully saturated rings. The van der Waals surface area contributed by atoms with Crippen LogP contribution in [0, 0.1) is 5.92 Å². The van der Waals surface area contributed by atoms with Gasteiger partial charge in [-0.1, -0.05) is 24.3 Å². The summed E-state index contributed by atoms with van der Waals surface area (Å²) in [4.78, 5) is 12.6. The average molecular weight is 339 g/mol. The molecule has 0 aliphatic carbocycles. The molecule has 0 aromatic heterocycles. The number of hydrogen-bond donors (Lipinski definition) is 1. The quantitative estimate of drug-likeness (QED) is 0.934. The molecule has 25 heavy (non-hydrogen) atoms. The molecule has 0 spiro atoms. The Bertz CT molecular complexity index is 789. The Kier molecular flexibility index (Phi) is 4.22. The van der Waals surface area contributed by atoms with Gasteiger partial charge in [-0.2, -0.15) is 0 Å². The highest BCUT2D eigenvalue weighted by atomic mass is 16.6. The van der Waals surface area contributed by atoms with Gasteiger partial charge in [0.25, 0.3) is 0 Å². The maximum Gasteiger partial charge on any atom is 0.227 e. The van der Waals surface area contributed by atoms with Crippen molar-refractivity contribution in [3.8, 4) is 17.2 Å². The standard InChI is InChI=1S/C20H21NO4/c1-13(14-6-7-18-19(11-14)24-9-8-23-18)21-20(22)16-10-15-4-2-3-5-17(15)25-12-16/h2-7,11,13,16H,8-10,12H2,1H3,(H,21,22). The van der Waals surface area contributed by atoms with Crippen molar-refractivity contribution < 1.29 is 19.0 Å². The molecule has 1 amide bonds. The summed E-state index contributed by atoms with van der Waals surface area (Å²) in [6, 6.07) is 13.6. The first kappa shape index (κ1) is 15.8. The van der Waals surface area contributed by atoms with Crippen LogP contribution in [0.15, 0.2) is 42.5 Å². The SMILES string of the molecule is CC(NC(=O)C1COc2ccccc2C1)c1ccc2c(c1)OCCO2. The van der Waals surface area contributed by atoms with E-state index in [9.17, 15) is 4.79 Å². The van der Waals surface area contributed by atoms with Crippen LogP contribution < -0.4 is 19.5 Å². The number of rotatable bonds is 3. The number of nitrogens with one attached hydrogen (secondary N) is 1. The van der Waals surface area contributed by atoms with Crippen LogP contribution >= 0.6 is 0 Å². The molecule has 0 bridgehead atoms. The van der Waals surface area contributed by atoms with Crippen molar-refractivity contribution in [1.29, 1.82) is 0 Å². The molecule has 2 aliphatic rings. The van der Waals surface area contributed by atoms with E-state index in [-0.39, 0.29) is 17.9 Å². The first-order valence-electron chi connectivity index (χ1n) is 8.61. The third-order valence-electron chi connectivity index (χ3n) is 4.67. The van der Waals surface area contributed by atoms with E-state index in [1.807, 2.05) is 49.4 Å². The normalized spacial score (nSPS) is 19.3. The number of carbonyl (C=O) groups is 1. The van der Waals surface area contributed by atoms with Crippen molar-refractivity contribution >= 4 is 5.91 Å². The average Bonchev–Trinajstić information content (AvgIpc) is 2.67.